The number of nitrogens with zero attached hydrogens (tertiary/aromatic N) is 1. The van der Waals surface area contributed by atoms with Crippen LogP contribution >= 0.6 is 0 Å². The van der Waals surface area contributed by atoms with Gasteiger partial charge in [0.15, 0.2) is 0 Å². The van der Waals surface area contributed by atoms with Crippen molar-refractivity contribution in [2.24, 2.45) is 5.73 Å². The molecule has 2 saturated heterocycles. The third-order valence-electron chi connectivity index (χ3n) is 2.39. The smallest absolute Gasteiger partial charge is 0.0857 e. The van der Waals surface area contributed by atoms with Crippen molar-refractivity contribution >= 4 is 0 Å². The number of fused-ring (bicyclic) bond motifs is 2. The standard InChI is InChI=1S/C7H14N2O/c1-9-3-5-2-6(8)7(4-9)10-5/h5-7H,2-4,8H2,1H3/t5-,6+,7-/m1/s1. The largest absolute Gasteiger partial charge is 0.371 e. The monoisotopic (exact) mass is 142 g/mol. The first-order valence-electron chi connectivity index (χ1n) is 3.85. The molecule has 3 heteroatoms. The number of likely N-dealkylation sites (tertiary alicyclic amines) is 1. The molecule has 2 fully saturated rings. The van der Waals surface area contributed by atoms with Crippen molar-refractivity contribution in [2.75, 3.05) is 20.1 Å². The van der Waals surface area contributed by atoms with Crippen LogP contribution < -0.4 is 5.73 Å². The maximum atomic E-state index is 5.83. The van der Waals surface area contributed by atoms with Gasteiger partial charge in [-0.05, 0) is 13.5 Å². The molecule has 0 aromatic rings. The van der Waals surface area contributed by atoms with Crippen LogP contribution in [-0.4, -0.2) is 43.3 Å². The zero-order valence-electron chi connectivity index (χ0n) is 6.29. The normalized spacial score (nSPS) is 48.0. The van der Waals surface area contributed by atoms with Gasteiger partial charge in [0, 0.05) is 19.1 Å². The Bertz CT molecular complexity index is 135. The topological polar surface area (TPSA) is 38.5 Å². The Morgan fingerprint density at radius 1 is 1.50 bits per heavy atom. The summed E-state index contributed by atoms with van der Waals surface area (Å²) in [5.74, 6) is 0. The van der Waals surface area contributed by atoms with E-state index in [1.165, 1.54) is 0 Å². The predicted octanol–water partition coefficient (Wildman–Crippen LogP) is -0.583. The number of ether oxygens (including phenoxy) is 1. The van der Waals surface area contributed by atoms with Crippen LogP contribution in [0.3, 0.4) is 0 Å². The minimum atomic E-state index is 0.287. The Morgan fingerprint density at radius 3 is 3.00 bits per heavy atom. The zero-order valence-corrected chi connectivity index (χ0v) is 6.29. The molecule has 0 aliphatic carbocycles. The molecule has 58 valence electrons. The van der Waals surface area contributed by atoms with Crippen molar-refractivity contribution in [3.05, 3.63) is 0 Å². The van der Waals surface area contributed by atoms with Gasteiger partial charge in [-0.2, -0.15) is 0 Å². The summed E-state index contributed by atoms with van der Waals surface area (Å²) >= 11 is 0. The molecule has 10 heavy (non-hydrogen) atoms. The van der Waals surface area contributed by atoms with Crippen molar-refractivity contribution in [3.63, 3.8) is 0 Å². The lowest BCUT2D eigenvalue weighted by atomic mass is 10.1. The van der Waals surface area contributed by atoms with E-state index in [9.17, 15) is 0 Å². The van der Waals surface area contributed by atoms with Gasteiger partial charge in [-0.15, -0.1) is 0 Å². The average molecular weight is 142 g/mol. The van der Waals surface area contributed by atoms with Crippen molar-refractivity contribution in [3.8, 4) is 0 Å². The van der Waals surface area contributed by atoms with Crippen LogP contribution in [0.25, 0.3) is 0 Å². The molecule has 2 rings (SSSR count). The molecular weight excluding hydrogens is 128 g/mol. The summed E-state index contributed by atoms with van der Waals surface area (Å²) in [6.07, 6.45) is 1.78. The second-order valence-corrected chi connectivity index (χ2v) is 3.42. The molecular formula is C7H14N2O. The molecule has 3 atom stereocenters. The first-order valence-corrected chi connectivity index (χ1v) is 3.85. The molecule has 0 radical (unpaired) electrons. The number of rotatable bonds is 0. The second-order valence-electron chi connectivity index (χ2n) is 3.42. The molecule has 2 aliphatic heterocycles. The number of morpholine rings is 1. The van der Waals surface area contributed by atoms with Crippen LogP contribution in [-0.2, 0) is 4.74 Å². The van der Waals surface area contributed by atoms with E-state index in [2.05, 4.69) is 11.9 Å². The Morgan fingerprint density at radius 2 is 2.30 bits per heavy atom. The van der Waals surface area contributed by atoms with Gasteiger partial charge in [-0.1, -0.05) is 0 Å². The van der Waals surface area contributed by atoms with Gasteiger partial charge in [0.25, 0.3) is 0 Å². The number of hydrogen-bond acceptors (Lipinski definition) is 3. The van der Waals surface area contributed by atoms with Crippen molar-refractivity contribution in [2.45, 2.75) is 24.7 Å². The van der Waals surface area contributed by atoms with Crippen LogP contribution in [0.2, 0.25) is 0 Å². The Hall–Kier alpha value is -0.120. The van der Waals surface area contributed by atoms with Crippen LogP contribution in [0.5, 0.6) is 0 Å². The van der Waals surface area contributed by atoms with Gasteiger partial charge in [0.05, 0.1) is 12.2 Å². The Balaban J connectivity index is 2.06. The van der Waals surface area contributed by atoms with E-state index in [1.54, 1.807) is 0 Å². The number of likely N-dealkylation sites (N-methyl/N-ethyl adjacent to an activating group) is 1. The summed E-state index contributed by atoms with van der Waals surface area (Å²) in [5, 5.41) is 0. The van der Waals surface area contributed by atoms with E-state index in [4.69, 9.17) is 10.5 Å². The lowest BCUT2D eigenvalue weighted by Gasteiger charge is -2.29. The quantitative estimate of drug-likeness (QED) is 0.491. The highest BCUT2D eigenvalue weighted by Gasteiger charge is 2.37. The molecule has 0 saturated carbocycles. The van der Waals surface area contributed by atoms with Gasteiger partial charge < -0.3 is 15.4 Å². The van der Waals surface area contributed by atoms with Gasteiger partial charge in [-0.3, -0.25) is 0 Å². The Kier molecular flexibility index (Phi) is 1.44. The van der Waals surface area contributed by atoms with Crippen LogP contribution in [0.15, 0.2) is 0 Å². The maximum Gasteiger partial charge on any atom is 0.0857 e. The SMILES string of the molecule is CN1C[C@H]2C[C@H](N)[C@@H](C1)O2. The summed E-state index contributed by atoms with van der Waals surface area (Å²) < 4.78 is 5.61. The lowest BCUT2D eigenvalue weighted by molar-refractivity contribution is -0.0320. The van der Waals surface area contributed by atoms with E-state index in [0.29, 0.717) is 12.2 Å². The van der Waals surface area contributed by atoms with Gasteiger partial charge in [0.2, 0.25) is 0 Å². The summed E-state index contributed by atoms with van der Waals surface area (Å²) in [6, 6.07) is 0.287. The van der Waals surface area contributed by atoms with E-state index in [1.807, 2.05) is 0 Å². The highest BCUT2D eigenvalue weighted by Crippen LogP contribution is 2.24. The van der Waals surface area contributed by atoms with Crippen LogP contribution in [0.1, 0.15) is 6.42 Å². The van der Waals surface area contributed by atoms with E-state index in [-0.39, 0.29) is 6.04 Å². The number of nitrogens with two attached hydrogens (primary N) is 1. The molecule has 0 unspecified atom stereocenters. The van der Waals surface area contributed by atoms with Gasteiger partial charge in [0.1, 0.15) is 0 Å². The molecule has 0 amide bonds. The summed E-state index contributed by atoms with van der Waals surface area (Å²) in [5.41, 5.74) is 5.83. The minimum Gasteiger partial charge on any atom is -0.371 e. The van der Waals surface area contributed by atoms with Crippen LogP contribution in [0, 0.1) is 0 Å². The molecule has 2 heterocycles. The molecule has 0 aromatic carbocycles. The number of hydrogen-bond donors (Lipinski definition) is 1. The fourth-order valence-corrected chi connectivity index (χ4v) is 1.88. The van der Waals surface area contributed by atoms with Crippen molar-refractivity contribution < 1.29 is 4.74 Å². The van der Waals surface area contributed by atoms with Crippen molar-refractivity contribution in [1.82, 2.24) is 4.90 Å². The van der Waals surface area contributed by atoms with E-state index >= 15 is 0 Å². The zero-order chi connectivity index (χ0) is 7.14. The van der Waals surface area contributed by atoms with Gasteiger partial charge >= 0.3 is 0 Å². The average Bonchev–Trinajstić information content (AvgIpc) is 2.07. The third kappa shape index (κ3) is 0.944. The Labute approximate surface area is 61.1 Å². The molecule has 2 aliphatic rings. The minimum absolute atomic E-state index is 0.287. The molecule has 3 nitrogen and oxygen atoms in total. The van der Waals surface area contributed by atoms with Crippen LogP contribution in [0.4, 0.5) is 0 Å². The highest BCUT2D eigenvalue weighted by molar-refractivity contribution is 4.92. The fraction of sp³-hybridized carbons (Fsp3) is 1.00. The van der Waals surface area contributed by atoms with Crippen molar-refractivity contribution in [1.29, 1.82) is 0 Å². The second kappa shape index (κ2) is 2.19. The molecule has 0 aromatic heterocycles. The van der Waals surface area contributed by atoms with E-state index < -0.39 is 0 Å². The first-order chi connectivity index (χ1) is 4.75. The maximum absolute atomic E-state index is 5.83. The summed E-state index contributed by atoms with van der Waals surface area (Å²) in [6.45, 7) is 2.07. The molecule has 2 bridgehead atoms. The molecule has 2 N–H and O–H groups in total. The van der Waals surface area contributed by atoms with Gasteiger partial charge in [-0.25, -0.2) is 0 Å². The highest BCUT2D eigenvalue weighted by atomic mass is 16.5. The summed E-state index contributed by atoms with van der Waals surface area (Å²) in [4.78, 5) is 2.30. The first kappa shape index (κ1) is 6.58. The third-order valence-corrected chi connectivity index (χ3v) is 2.39. The molecule has 0 spiro atoms. The lowest BCUT2D eigenvalue weighted by Crippen LogP contribution is -2.43. The predicted molar refractivity (Wildman–Crippen MR) is 38.8 cm³/mol. The summed E-state index contributed by atoms with van der Waals surface area (Å²) in [7, 11) is 2.13. The van der Waals surface area contributed by atoms with E-state index in [0.717, 1.165) is 19.5 Å². The fourth-order valence-electron chi connectivity index (χ4n) is 1.88.